The van der Waals surface area contributed by atoms with Crippen molar-refractivity contribution in [2.45, 2.75) is 6.92 Å². The molecular formula is C15H11ClFN3. The van der Waals surface area contributed by atoms with Crippen molar-refractivity contribution < 1.29 is 4.39 Å². The van der Waals surface area contributed by atoms with Gasteiger partial charge in [-0.2, -0.15) is 0 Å². The molecule has 5 heteroatoms. The molecule has 100 valence electrons. The highest BCUT2D eigenvalue weighted by Gasteiger charge is 2.14. The molecule has 2 aromatic carbocycles. The molecule has 1 aromatic heterocycles. The average Bonchev–Trinajstić information content (AvgIpc) is 2.80. The Morgan fingerprint density at radius 2 is 1.80 bits per heavy atom. The summed E-state index contributed by atoms with van der Waals surface area (Å²) in [6.45, 7) is 1.83. The number of aromatic nitrogens is 3. The minimum absolute atomic E-state index is 0.203. The zero-order chi connectivity index (χ0) is 14.1. The van der Waals surface area contributed by atoms with Gasteiger partial charge >= 0.3 is 0 Å². The van der Waals surface area contributed by atoms with Crippen molar-refractivity contribution in [1.29, 1.82) is 0 Å². The molecule has 3 nitrogen and oxygen atoms in total. The first-order chi connectivity index (χ1) is 9.65. The first kappa shape index (κ1) is 12.8. The van der Waals surface area contributed by atoms with Crippen LogP contribution in [0.15, 0.2) is 48.5 Å². The van der Waals surface area contributed by atoms with Gasteiger partial charge in [0.2, 0.25) is 5.28 Å². The van der Waals surface area contributed by atoms with Crippen molar-refractivity contribution in [1.82, 2.24) is 14.8 Å². The molecule has 0 bridgehead atoms. The molecular weight excluding hydrogens is 277 g/mol. The Kier molecular flexibility index (Phi) is 3.24. The van der Waals surface area contributed by atoms with E-state index >= 15 is 0 Å². The van der Waals surface area contributed by atoms with Gasteiger partial charge in [0.05, 0.1) is 5.69 Å². The Morgan fingerprint density at radius 3 is 2.50 bits per heavy atom. The van der Waals surface area contributed by atoms with Gasteiger partial charge in [-0.15, -0.1) is 10.2 Å². The van der Waals surface area contributed by atoms with Crippen molar-refractivity contribution in [3.05, 3.63) is 65.2 Å². The molecule has 0 atom stereocenters. The van der Waals surface area contributed by atoms with Crippen LogP contribution in [0.4, 0.5) is 4.39 Å². The Labute approximate surface area is 120 Å². The fraction of sp³-hybridized carbons (Fsp3) is 0.0667. The van der Waals surface area contributed by atoms with Gasteiger partial charge in [-0.3, -0.25) is 4.57 Å². The number of hydrogen-bond acceptors (Lipinski definition) is 2. The van der Waals surface area contributed by atoms with E-state index in [-0.39, 0.29) is 11.1 Å². The fourth-order valence-corrected chi connectivity index (χ4v) is 2.33. The van der Waals surface area contributed by atoms with Gasteiger partial charge in [-0.25, -0.2) is 4.39 Å². The SMILES string of the molecule is Cc1cc(F)cc(-n2c(Cl)nnc2-c2ccccc2)c1. The molecule has 0 spiro atoms. The number of hydrogen-bond donors (Lipinski definition) is 0. The number of benzene rings is 2. The van der Waals surface area contributed by atoms with Gasteiger partial charge in [0.1, 0.15) is 5.82 Å². The maximum atomic E-state index is 13.6. The van der Waals surface area contributed by atoms with Gasteiger partial charge in [0, 0.05) is 5.56 Å². The van der Waals surface area contributed by atoms with Crippen LogP contribution in [0.5, 0.6) is 0 Å². The lowest BCUT2D eigenvalue weighted by Crippen LogP contribution is -1.99. The van der Waals surface area contributed by atoms with E-state index in [0.29, 0.717) is 11.5 Å². The van der Waals surface area contributed by atoms with Gasteiger partial charge < -0.3 is 0 Å². The quantitative estimate of drug-likeness (QED) is 0.712. The molecule has 0 radical (unpaired) electrons. The summed E-state index contributed by atoms with van der Waals surface area (Å²) in [4.78, 5) is 0. The van der Waals surface area contributed by atoms with E-state index in [1.165, 1.54) is 12.1 Å². The molecule has 0 saturated heterocycles. The highest BCUT2D eigenvalue weighted by molar-refractivity contribution is 6.28. The van der Waals surface area contributed by atoms with E-state index < -0.39 is 0 Å². The maximum absolute atomic E-state index is 13.6. The predicted molar refractivity (Wildman–Crippen MR) is 76.5 cm³/mol. The van der Waals surface area contributed by atoms with Crippen molar-refractivity contribution in [2.24, 2.45) is 0 Å². The van der Waals surface area contributed by atoms with Crippen molar-refractivity contribution in [2.75, 3.05) is 0 Å². The third-order valence-corrected chi connectivity index (χ3v) is 3.19. The Bertz CT molecular complexity index is 733. The summed E-state index contributed by atoms with van der Waals surface area (Å²) in [6, 6.07) is 14.2. The van der Waals surface area contributed by atoms with E-state index in [1.807, 2.05) is 43.3 Å². The highest BCUT2D eigenvalue weighted by atomic mass is 35.5. The van der Waals surface area contributed by atoms with Crippen LogP contribution in [0.25, 0.3) is 17.1 Å². The van der Waals surface area contributed by atoms with E-state index in [2.05, 4.69) is 10.2 Å². The summed E-state index contributed by atoms with van der Waals surface area (Å²) in [5.74, 6) is 0.268. The minimum atomic E-state index is -0.316. The lowest BCUT2D eigenvalue weighted by molar-refractivity contribution is 0.625. The molecule has 0 N–H and O–H groups in total. The van der Waals surface area contributed by atoms with Gasteiger partial charge in [-0.1, -0.05) is 30.3 Å². The average molecular weight is 288 g/mol. The van der Waals surface area contributed by atoms with Crippen LogP contribution in [-0.2, 0) is 0 Å². The number of aryl methyl sites for hydroxylation is 1. The Balaban J connectivity index is 2.22. The second kappa shape index (κ2) is 5.06. The maximum Gasteiger partial charge on any atom is 0.229 e. The van der Waals surface area contributed by atoms with Crippen molar-refractivity contribution in [3.63, 3.8) is 0 Å². The topological polar surface area (TPSA) is 30.7 Å². The summed E-state index contributed by atoms with van der Waals surface area (Å²) >= 11 is 6.10. The number of rotatable bonds is 2. The molecule has 0 aliphatic heterocycles. The summed E-state index contributed by atoms with van der Waals surface area (Å²) in [7, 11) is 0. The minimum Gasteiger partial charge on any atom is -0.266 e. The Morgan fingerprint density at radius 1 is 1.05 bits per heavy atom. The molecule has 1 heterocycles. The van der Waals surface area contributed by atoms with E-state index in [4.69, 9.17) is 11.6 Å². The van der Waals surface area contributed by atoms with Crippen molar-refractivity contribution >= 4 is 11.6 Å². The second-order valence-corrected chi connectivity index (χ2v) is 4.82. The first-order valence-corrected chi connectivity index (χ1v) is 6.47. The smallest absolute Gasteiger partial charge is 0.229 e. The van der Waals surface area contributed by atoms with Gasteiger partial charge in [-0.05, 0) is 42.3 Å². The molecule has 0 amide bonds. The normalized spacial score (nSPS) is 10.8. The van der Waals surface area contributed by atoms with E-state index in [1.54, 1.807) is 4.57 Å². The monoisotopic (exact) mass is 287 g/mol. The van der Waals surface area contributed by atoms with Gasteiger partial charge in [0.15, 0.2) is 5.82 Å². The predicted octanol–water partition coefficient (Wildman–Crippen LogP) is 4.04. The number of halogens is 2. The molecule has 0 fully saturated rings. The lowest BCUT2D eigenvalue weighted by atomic mass is 10.2. The lowest BCUT2D eigenvalue weighted by Gasteiger charge is -2.09. The molecule has 0 aliphatic rings. The van der Waals surface area contributed by atoms with E-state index in [9.17, 15) is 4.39 Å². The molecule has 0 saturated carbocycles. The van der Waals surface area contributed by atoms with Crippen LogP contribution >= 0.6 is 11.6 Å². The zero-order valence-corrected chi connectivity index (χ0v) is 11.5. The van der Waals surface area contributed by atoms with Crippen LogP contribution in [0.2, 0.25) is 5.28 Å². The van der Waals surface area contributed by atoms with Crippen molar-refractivity contribution in [3.8, 4) is 17.1 Å². The molecule has 3 aromatic rings. The second-order valence-electron chi connectivity index (χ2n) is 4.48. The summed E-state index contributed by atoms with van der Waals surface area (Å²) < 4.78 is 15.2. The zero-order valence-electron chi connectivity index (χ0n) is 10.7. The van der Waals surface area contributed by atoms with Gasteiger partial charge in [0.25, 0.3) is 0 Å². The molecule has 0 unspecified atom stereocenters. The Hall–Kier alpha value is -2.20. The number of nitrogens with zero attached hydrogens (tertiary/aromatic N) is 3. The highest BCUT2D eigenvalue weighted by Crippen LogP contribution is 2.25. The summed E-state index contributed by atoms with van der Waals surface area (Å²) in [6.07, 6.45) is 0. The van der Waals surface area contributed by atoms with Crippen LogP contribution in [0.1, 0.15) is 5.56 Å². The third kappa shape index (κ3) is 2.30. The molecule has 0 aliphatic carbocycles. The largest absolute Gasteiger partial charge is 0.266 e. The fourth-order valence-electron chi connectivity index (χ4n) is 2.11. The van der Waals surface area contributed by atoms with Crippen LogP contribution in [-0.4, -0.2) is 14.8 Å². The molecule has 3 rings (SSSR count). The van der Waals surface area contributed by atoms with Crippen LogP contribution < -0.4 is 0 Å². The summed E-state index contributed by atoms with van der Waals surface area (Å²) in [5, 5.41) is 8.17. The molecule has 20 heavy (non-hydrogen) atoms. The van der Waals surface area contributed by atoms with E-state index in [0.717, 1.165) is 11.1 Å². The summed E-state index contributed by atoms with van der Waals surface area (Å²) in [5.41, 5.74) is 2.29. The third-order valence-electron chi connectivity index (χ3n) is 2.94. The first-order valence-electron chi connectivity index (χ1n) is 6.09. The standard InChI is InChI=1S/C15H11ClFN3/c1-10-7-12(17)9-13(8-10)20-14(18-19-15(20)16)11-5-3-2-4-6-11/h2-9H,1H3. The van der Waals surface area contributed by atoms with Crippen LogP contribution in [0.3, 0.4) is 0 Å². The van der Waals surface area contributed by atoms with Crippen LogP contribution in [0, 0.1) is 12.7 Å².